The molecule has 100 valence electrons. The zero-order valence-corrected chi connectivity index (χ0v) is 11.5. The van der Waals surface area contributed by atoms with Crippen LogP contribution >= 0.6 is 0 Å². The van der Waals surface area contributed by atoms with E-state index in [4.69, 9.17) is 5.73 Å². The lowest BCUT2D eigenvalue weighted by Gasteiger charge is -2.34. The molecule has 2 rings (SSSR count). The molecule has 0 heterocycles. The Labute approximate surface area is 110 Å². The first-order valence-corrected chi connectivity index (χ1v) is 7.09. The Morgan fingerprint density at radius 3 is 2.72 bits per heavy atom. The summed E-state index contributed by atoms with van der Waals surface area (Å²) in [5.41, 5.74) is 8.22. The lowest BCUT2D eigenvalue weighted by Crippen LogP contribution is -2.35. The number of rotatable bonds is 4. The monoisotopic (exact) mass is 247 g/mol. The standard InChI is InChI=1S/C16H25NO/c1-3-13-6-4-5-7-14(13)15(18)16(11-17)9-8-12(2)10-16/h4-7,12,15,18H,3,8-11,17H2,1-2H3. The summed E-state index contributed by atoms with van der Waals surface area (Å²) in [5, 5.41) is 10.8. The molecule has 0 saturated heterocycles. The van der Waals surface area contributed by atoms with E-state index in [1.54, 1.807) is 0 Å². The Morgan fingerprint density at radius 1 is 1.44 bits per heavy atom. The number of aliphatic hydroxyl groups is 1. The molecule has 3 atom stereocenters. The molecular formula is C16H25NO. The molecule has 3 N–H and O–H groups in total. The van der Waals surface area contributed by atoms with Crippen molar-refractivity contribution < 1.29 is 5.11 Å². The lowest BCUT2D eigenvalue weighted by atomic mass is 9.75. The minimum absolute atomic E-state index is 0.106. The van der Waals surface area contributed by atoms with Crippen LogP contribution in [-0.4, -0.2) is 11.7 Å². The average molecular weight is 247 g/mol. The van der Waals surface area contributed by atoms with E-state index in [0.717, 1.165) is 24.8 Å². The van der Waals surface area contributed by atoms with Gasteiger partial charge in [-0.1, -0.05) is 44.5 Å². The third-order valence-corrected chi connectivity index (χ3v) is 4.61. The van der Waals surface area contributed by atoms with Crippen molar-refractivity contribution in [2.24, 2.45) is 17.1 Å². The van der Waals surface area contributed by atoms with Crippen LogP contribution < -0.4 is 5.73 Å². The summed E-state index contributed by atoms with van der Waals surface area (Å²) in [7, 11) is 0. The Bertz CT molecular complexity index is 404. The highest BCUT2D eigenvalue weighted by atomic mass is 16.3. The van der Waals surface area contributed by atoms with Gasteiger partial charge in [0.2, 0.25) is 0 Å². The highest BCUT2D eigenvalue weighted by molar-refractivity contribution is 5.31. The van der Waals surface area contributed by atoms with Crippen LogP contribution in [0.15, 0.2) is 24.3 Å². The van der Waals surface area contributed by atoms with E-state index < -0.39 is 6.10 Å². The van der Waals surface area contributed by atoms with Crippen molar-refractivity contribution in [1.82, 2.24) is 0 Å². The maximum atomic E-state index is 10.8. The Kier molecular flexibility index (Phi) is 4.08. The van der Waals surface area contributed by atoms with E-state index in [0.29, 0.717) is 12.5 Å². The number of hydrogen-bond acceptors (Lipinski definition) is 2. The third-order valence-electron chi connectivity index (χ3n) is 4.61. The molecule has 1 aliphatic rings. The van der Waals surface area contributed by atoms with Gasteiger partial charge in [0, 0.05) is 12.0 Å². The van der Waals surface area contributed by atoms with Gasteiger partial charge in [-0.3, -0.25) is 0 Å². The van der Waals surface area contributed by atoms with Crippen molar-refractivity contribution in [2.45, 2.75) is 45.6 Å². The molecule has 2 nitrogen and oxygen atoms in total. The Morgan fingerprint density at radius 2 is 2.17 bits per heavy atom. The summed E-state index contributed by atoms with van der Waals surface area (Å²) in [5.74, 6) is 0.678. The van der Waals surface area contributed by atoms with E-state index in [1.807, 2.05) is 12.1 Å². The van der Waals surface area contributed by atoms with Crippen LogP contribution in [0, 0.1) is 11.3 Å². The number of aliphatic hydroxyl groups excluding tert-OH is 1. The van der Waals surface area contributed by atoms with Crippen LogP contribution in [-0.2, 0) is 6.42 Å². The SMILES string of the molecule is CCc1ccccc1C(O)C1(CN)CCC(C)C1. The second-order valence-corrected chi connectivity index (χ2v) is 5.87. The summed E-state index contributed by atoms with van der Waals surface area (Å²) in [6.45, 7) is 4.98. The summed E-state index contributed by atoms with van der Waals surface area (Å²) in [6.07, 6.45) is 3.82. The van der Waals surface area contributed by atoms with Gasteiger partial charge in [-0.2, -0.15) is 0 Å². The fraction of sp³-hybridized carbons (Fsp3) is 0.625. The van der Waals surface area contributed by atoms with Gasteiger partial charge >= 0.3 is 0 Å². The molecule has 2 heteroatoms. The molecule has 3 unspecified atom stereocenters. The van der Waals surface area contributed by atoms with E-state index in [9.17, 15) is 5.11 Å². The molecule has 0 spiro atoms. The highest BCUT2D eigenvalue weighted by Crippen LogP contribution is 2.49. The Balaban J connectivity index is 2.32. The summed E-state index contributed by atoms with van der Waals surface area (Å²) in [6, 6.07) is 8.23. The average Bonchev–Trinajstić information content (AvgIpc) is 2.80. The van der Waals surface area contributed by atoms with Crippen LogP contribution in [0.25, 0.3) is 0 Å². The Hall–Kier alpha value is -0.860. The van der Waals surface area contributed by atoms with Gasteiger partial charge in [0.25, 0.3) is 0 Å². The molecule has 1 fully saturated rings. The van der Waals surface area contributed by atoms with Crippen molar-refractivity contribution >= 4 is 0 Å². The second kappa shape index (κ2) is 5.41. The fourth-order valence-corrected chi connectivity index (χ4v) is 3.43. The first kappa shape index (κ1) is 13.6. The maximum absolute atomic E-state index is 10.8. The number of aryl methyl sites for hydroxylation is 1. The van der Waals surface area contributed by atoms with Gasteiger partial charge in [0.1, 0.15) is 0 Å². The van der Waals surface area contributed by atoms with Gasteiger partial charge in [-0.25, -0.2) is 0 Å². The second-order valence-electron chi connectivity index (χ2n) is 5.87. The molecule has 0 amide bonds. The number of benzene rings is 1. The van der Waals surface area contributed by atoms with Crippen molar-refractivity contribution in [3.8, 4) is 0 Å². The first-order valence-electron chi connectivity index (χ1n) is 7.09. The zero-order chi connectivity index (χ0) is 13.2. The van der Waals surface area contributed by atoms with Gasteiger partial charge in [-0.05, 0) is 36.3 Å². The molecule has 0 aliphatic heterocycles. The number of nitrogens with two attached hydrogens (primary N) is 1. The summed E-state index contributed by atoms with van der Waals surface area (Å²) >= 11 is 0. The van der Waals surface area contributed by atoms with E-state index in [1.165, 1.54) is 12.0 Å². The quantitative estimate of drug-likeness (QED) is 0.859. The zero-order valence-electron chi connectivity index (χ0n) is 11.5. The van der Waals surface area contributed by atoms with Gasteiger partial charge < -0.3 is 10.8 Å². The third kappa shape index (κ3) is 2.32. The largest absolute Gasteiger partial charge is 0.388 e. The van der Waals surface area contributed by atoms with Crippen LogP contribution in [0.3, 0.4) is 0 Å². The van der Waals surface area contributed by atoms with Crippen LogP contribution in [0.4, 0.5) is 0 Å². The molecule has 1 saturated carbocycles. The molecule has 0 radical (unpaired) electrons. The predicted octanol–water partition coefficient (Wildman–Crippen LogP) is 3.05. The molecule has 0 aromatic heterocycles. The van der Waals surface area contributed by atoms with Crippen molar-refractivity contribution in [1.29, 1.82) is 0 Å². The van der Waals surface area contributed by atoms with E-state index in [2.05, 4.69) is 26.0 Å². The van der Waals surface area contributed by atoms with Crippen molar-refractivity contribution in [3.63, 3.8) is 0 Å². The molecule has 1 aromatic rings. The molecule has 0 bridgehead atoms. The van der Waals surface area contributed by atoms with Gasteiger partial charge in [0.05, 0.1) is 6.10 Å². The maximum Gasteiger partial charge on any atom is 0.0861 e. The van der Waals surface area contributed by atoms with Gasteiger partial charge in [0.15, 0.2) is 0 Å². The first-order chi connectivity index (χ1) is 8.63. The van der Waals surface area contributed by atoms with Crippen molar-refractivity contribution in [2.75, 3.05) is 6.54 Å². The smallest absolute Gasteiger partial charge is 0.0861 e. The van der Waals surface area contributed by atoms with Crippen LogP contribution in [0.2, 0.25) is 0 Å². The molecular weight excluding hydrogens is 222 g/mol. The van der Waals surface area contributed by atoms with Crippen LogP contribution in [0.1, 0.15) is 50.3 Å². The minimum atomic E-state index is -0.413. The molecule has 1 aliphatic carbocycles. The normalized spacial score (nSPS) is 29.4. The fourth-order valence-electron chi connectivity index (χ4n) is 3.43. The molecule has 18 heavy (non-hydrogen) atoms. The van der Waals surface area contributed by atoms with Gasteiger partial charge in [-0.15, -0.1) is 0 Å². The predicted molar refractivity (Wildman–Crippen MR) is 75.3 cm³/mol. The lowest BCUT2D eigenvalue weighted by molar-refractivity contribution is 0.0301. The number of hydrogen-bond donors (Lipinski definition) is 2. The van der Waals surface area contributed by atoms with Crippen molar-refractivity contribution in [3.05, 3.63) is 35.4 Å². The summed E-state index contributed by atoms with van der Waals surface area (Å²) in [4.78, 5) is 0. The summed E-state index contributed by atoms with van der Waals surface area (Å²) < 4.78 is 0. The van der Waals surface area contributed by atoms with E-state index in [-0.39, 0.29) is 5.41 Å². The molecule has 1 aromatic carbocycles. The highest BCUT2D eigenvalue weighted by Gasteiger charge is 2.43. The van der Waals surface area contributed by atoms with E-state index >= 15 is 0 Å². The topological polar surface area (TPSA) is 46.2 Å². The minimum Gasteiger partial charge on any atom is -0.388 e. The van der Waals surface area contributed by atoms with Crippen LogP contribution in [0.5, 0.6) is 0 Å².